The van der Waals surface area contributed by atoms with E-state index >= 15 is 0 Å². The summed E-state index contributed by atoms with van der Waals surface area (Å²) < 4.78 is 0. The van der Waals surface area contributed by atoms with Gasteiger partial charge in [0.25, 0.3) is 0 Å². The lowest BCUT2D eigenvalue weighted by Gasteiger charge is -2.26. The van der Waals surface area contributed by atoms with Gasteiger partial charge in [0, 0.05) is 6.08 Å². The molecule has 1 aliphatic rings. The minimum atomic E-state index is 0.724. The molecule has 1 nitrogen and oxygen atoms in total. The molecule has 0 aromatic heterocycles. The fourth-order valence-electron chi connectivity index (χ4n) is 3.69. The van der Waals surface area contributed by atoms with Crippen molar-refractivity contribution in [2.24, 2.45) is 11.8 Å². The first-order valence-electron chi connectivity index (χ1n) is 9.62. The maximum Gasteiger partial charge on any atom is 0.0912 e. The maximum atomic E-state index is 8.47. The highest BCUT2D eigenvalue weighted by Crippen LogP contribution is 2.32. The average molecular weight is 322 g/mol. The summed E-state index contributed by atoms with van der Waals surface area (Å²) in [6, 6.07) is 11.2. The van der Waals surface area contributed by atoms with Crippen molar-refractivity contribution in [1.29, 1.82) is 5.26 Å². The Morgan fingerprint density at radius 3 is 2.38 bits per heavy atom. The molecule has 1 fully saturated rings. The number of benzene rings is 1. The summed E-state index contributed by atoms with van der Waals surface area (Å²) in [6.45, 7) is 2.21. The number of hydrogen-bond donors (Lipinski definition) is 0. The van der Waals surface area contributed by atoms with Gasteiger partial charge >= 0.3 is 0 Å². The molecular formula is C23H31N. The molecule has 0 saturated heterocycles. The van der Waals surface area contributed by atoms with Crippen molar-refractivity contribution in [3.8, 4) is 6.07 Å². The topological polar surface area (TPSA) is 23.8 Å². The van der Waals surface area contributed by atoms with Crippen molar-refractivity contribution in [3.05, 3.63) is 59.7 Å². The molecule has 0 N–H and O–H groups in total. The highest BCUT2D eigenvalue weighted by molar-refractivity contribution is 5.22. The van der Waals surface area contributed by atoms with Gasteiger partial charge in [-0.25, -0.2) is 0 Å². The normalized spacial score (nSPS) is 21.3. The highest BCUT2D eigenvalue weighted by atomic mass is 14.2. The van der Waals surface area contributed by atoms with Gasteiger partial charge in [-0.3, -0.25) is 0 Å². The van der Waals surface area contributed by atoms with Crippen molar-refractivity contribution >= 4 is 0 Å². The number of allylic oxidation sites excluding steroid dienone is 4. The van der Waals surface area contributed by atoms with Crippen molar-refractivity contribution in [3.63, 3.8) is 0 Å². The van der Waals surface area contributed by atoms with Crippen molar-refractivity contribution in [2.75, 3.05) is 0 Å². The van der Waals surface area contributed by atoms with E-state index in [4.69, 9.17) is 5.26 Å². The monoisotopic (exact) mass is 321 g/mol. The van der Waals surface area contributed by atoms with E-state index in [1.165, 1.54) is 68.6 Å². The van der Waals surface area contributed by atoms with Crippen molar-refractivity contribution in [2.45, 2.75) is 64.7 Å². The van der Waals surface area contributed by atoms with Crippen LogP contribution in [0.3, 0.4) is 0 Å². The van der Waals surface area contributed by atoms with E-state index in [0.29, 0.717) is 0 Å². The first-order chi connectivity index (χ1) is 11.8. The second-order valence-corrected chi connectivity index (χ2v) is 7.07. The number of hydrogen-bond acceptors (Lipinski definition) is 1. The number of nitrogens with zero attached hydrogens (tertiary/aromatic N) is 1. The molecule has 1 aliphatic carbocycles. The lowest BCUT2D eigenvalue weighted by molar-refractivity contribution is 0.289. The molecule has 0 heterocycles. The van der Waals surface area contributed by atoms with Gasteiger partial charge in [0.05, 0.1) is 6.07 Å². The third kappa shape index (κ3) is 6.75. The Bertz CT molecular complexity index is 551. The highest BCUT2D eigenvalue weighted by Gasteiger charge is 2.18. The molecule has 1 aromatic carbocycles. The standard InChI is InChI=1S/C23H31N/c1-2-20-11-13-22(14-12-20)9-5-6-10-23-17-15-21(16-18-23)8-4-3-7-19-24/h3-4,7-8,11-14,21,23H,2,5-6,9-10,15-18H2,1H3. The zero-order chi connectivity index (χ0) is 17.0. The molecule has 1 saturated carbocycles. The number of rotatable bonds is 8. The molecule has 0 atom stereocenters. The predicted molar refractivity (Wildman–Crippen MR) is 103 cm³/mol. The van der Waals surface area contributed by atoms with E-state index in [1.807, 2.05) is 18.2 Å². The van der Waals surface area contributed by atoms with Crippen LogP contribution in [-0.4, -0.2) is 0 Å². The van der Waals surface area contributed by atoms with E-state index in [1.54, 1.807) is 0 Å². The minimum Gasteiger partial charge on any atom is -0.193 e. The van der Waals surface area contributed by atoms with E-state index in [0.717, 1.165) is 18.3 Å². The first-order valence-corrected chi connectivity index (χ1v) is 9.62. The maximum absolute atomic E-state index is 8.47. The quantitative estimate of drug-likeness (QED) is 0.308. The van der Waals surface area contributed by atoms with Gasteiger partial charge in [0.1, 0.15) is 0 Å². The smallest absolute Gasteiger partial charge is 0.0912 e. The Morgan fingerprint density at radius 2 is 1.71 bits per heavy atom. The Labute approximate surface area is 148 Å². The van der Waals surface area contributed by atoms with Crippen LogP contribution in [0.15, 0.2) is 48.6 Å². The van der Waals surface area contributed by atoms with Gasteiger partial charge in [-0.1, -0.05) is 62.3 Å². The van der Waals surface area contributed by atoms with Crippen LogP contribution in [0.2, 0.25) is 0 Å². The van der Waals surface area contributed by atoms with Crippen LogP contribution in [0.5, 0.6) is 0 Å². The molecule has 1 heteroatoms. The third-order valence-corrected chi connectivity index (χ3v) is 5.32. The Balaban J connectivity index is 1.58. The summed E-state index contributed by atoms with van der Waals surface area (Å²) in [5, 5.41) is 8.47. The van der Waals surface area contributed by atoms with E-state index in [-0.39, 0.29) is 0 Å². The van der Waals surface area contributed by atoms with Crippen molar-refractivity contribution < 1.29 is 0 Å². The van der Waals surface area contributed by atoms with Crippen LogP contribution in [0.4, 0.5) is 0 Å². The van der Waals surface area contributed by atoms with Crippen LogP contribution in [-0.2, 0) is 12.8 Å². The lowest BCUT2D eigenvalue weighted by atomic mass is 9.79. The SMILES string of the molecule is CCc1ccc(CCCCC2CCC(C=CC=CC#N)CC2)cc1. The zero-order valence-corrected chi connectivity index (χ0v) is 15.1. The Kier molecular flexibility index (Phi) is 8.39. The molecular weight excluding hydrogens is 290 g/mol. The van der Waals surface area contributed by atoms with Crippen LogP contribution >= 0.6 is 0 Å². The fourth-order valence-corrected chi connectivity index (χ4v) is 3.69. The van der Waals surface area contributed by atoms with Gasteiger partial charge in [-0.2, -0.15) is 5.26 Å². The van der Waals surface area contributed by atoms with E-state index < -0.39 is 0 Å². The minimum absolute atomic E-state index is 0.724. The van der Waals surface area contributed by atoms with Crippen molar-refractivity contribution in [1.82, 2.24) is 0 Å². The summed E-state index contributed by atoms with van der Waals surface area (Å²) in [7, 11) is 0. The molecule has 24 heavy (non-hydrogen) atoms. The second-order valence-electron chi connectivity index (χ2n) is 7.07. The van der Waals surface area contributed by atoms with Gasteiger partial charge in [-0.05, 0) is 67.9 Å². The van der Waals surface area contributed by atoms with Gasteiger partial charge in [0.2, 0.25) is 0 Å². The predicted octanol–water partition coefficient (Wildman–Crippen LogP) is 6.40. The van der Waals surface area contributed by atoms with E-state index in [9.17, 15) is 0 Å². The molecule has 0 radical (unpaired) electrons. The molecule has 0 spiro atoms. The first kappa shape index (κ1) is 18.5. The zero-order valence-electron chi connectivity index (χ0n) is 15.1. The summed E-state index contributed by atoms with van der Waals surface area (Å²) in [4.78, 5) is 0. The second kappa shape index (κ2) is 10.9. The summed E-state index contributed by atoms with van der Waals surface area (Å²) >= 11 is 0. The van der Waals surface area contributed by atoms with Gasteiger partial charge < -0.3 is 0 Å². The van der Waals surface area contributed by atoms with Crippen LogP contribution in [0.1, 0.15) is 63.0 Å². The number of aryl methyl sites for hydroxylation is 2. The van der Waals surface area contributed by atoms with Crippen LogP contribution < -0.4 is 0 Å². The molecule has 2 rings (SSSR count). The summed E-state index contributed by atoms with van der Waals surface area (Å²) in [5.74, 6) is 1.66. The van der Waals surface area contributed by atoms with Crippen LogP contribution in [0, 0.1) is 23.2 Å². The average Bonchev–Trinajstić information content (AvgIpc) is 2.64. The lowest BCUT2D eigenvalue weighted by Crippen LogP contribution is -2.13. The summed E-state index contributed by atoms with van der Waals surface area (Å²) in [6.07, 6.45) is 19.6. The van der Waals surface area contributed by atoms with Crippen LogP contribution in [0.25, 0.3) is 0 Å². The third-order valence-electron chi connectivity index (χ3n) is 5.32. The van der Waals surface area contributed by atoms with Gasteiger partial charge in [0.15, 0.2) is 0 Å². The van der Waals surface area contributed by atoms with Gasteiger partial charge in [-0.15, -0.1) is 0 Å². The largest absolute Gasteiger partial charge is 0.193 e. The molecule has 0 bridgehead atoms. The fraction of sp³-hybridized carbons (Fsp3) is 0.522. The molecule has 0 amide bonds. The number of unbranched alkanes of at least 4 members (excludes halogenated alkanes) is 1. The Morgan fingerprint density at radius 1 is 1.00 bits per heavy atom. The van der Waals surface area contributed by atoms with E-state index in [2.05, 4.69) is 37.3 Å². The molecule has 1 aromatic rings. The molecule has 128 valence electrons. The summed E-state index contributed by atoms with van der Waals surface area (Å²) in [5.41, 5.74) is 2.93. The molecule has 0 unspecified atom stereocenters. The number of nitriles is 1. The Hall–Kier alpha value is -1.81. The molecule has 0 aliphatic heterocycles.